The molecule has 0 saturated carbocycles. The van der Waals surface area contributed by atoms with E-state index in [9.17, 15) is 0 Å². The lowest BCUT2D eigenvalue weighted by Gasteiger charge is -2.29. The average molecular weight is 538 g/mol. The Morgan fingerprint density at radius 3 is 1.71 bits per heavy atom. The van der Waals surface area contributed by atoms with Gasteiger partial charge >= 0.3 is 0 Å². The minimum Gasteiger partial charge on any atom is -0.455 e. The van der Waals surface area contributed by atoms with Crippen LogP contribution >= 0.6 is 0 Å². The van der Waals surface area contributed by atoms with Gasteiger partial charge in [0, 0.05) is 32.8 Å². The molecule has 0 N–H and O–H groups in total. The van der Waals surface area contributed by atoms with Crippen molar-refractivity contribution < 1.29 is 4.42 Å². The molecule has 1 heterocycles. The number of para-hydroxylation sites is 2. The van der Waals surface area contributed by atoms with Crippen LogP contribution < -0.4 is 4.90 Å². The lowest BCUT2D eigenvalue weighted by atomic mass is 9.96. The molecule has 0 atom stereocenters. The fourth-order valence-electron chi connectivity index (χ4n) is 6.19. The molecule has 2 heteroatoms. The Balaban J connectivity index is 1.49. The van der Waals surface area contributed by atoms with Crippen LogP contribution in [-0.2, 0) is 0 Å². The second-order valence-corrected chi connectivity index (χ2v) is 10.5. The van der Waals surface area contributed by atoms with E-state index < -0.39 is 0 Å². The zero-order valence-corrected chi connectivity index (χ0v) is 22.9. The van der Waals surface area contributed by atoms with Crippen molar-refractivity contribution in [3.63, 3.8) is 0 Å². The maximum absolute atomic E-state index is 6.65. The summed E-state index contributed by atoms with van der Waals surface area (Å²) < 4.78 is 6.65. The van der Waals surface area contributed by atoms with E-state index in [4.69, 9.17) is 4.42 Å². The van der Waals surface area contributed by atoms with Crippen molar-refractivity contribution in [2.45, 2.75) is 0 Å². The van der Waals surface area contributed by atoms with E-state index in [-0.39, 0.29) is 0 Å². The van der Waals surface area contributed by atoms with Crippen molar-refractivity contribution in [2.75, 3.05) is 4.90 Å². The zero-order chi connectivity index (χ0) is 27.9. The third kappa shape index (κ3) is 3.96. The molecule has 0 fully saturated rings. The second-order valence-electron chi connectivity index (χ2n) is 10.5. The van der Waals surface area contributed by atoms with Gasteiger partial charge in [-0.25, -0.2) is 0 Å². The Kier molecular flexibility index (Phi) is 5.82. The van der Waals surface area contributed by atoms with Gasteiger partial charge in [-0.05, 0) is 47.0 Å². The quantitative estimate of drug-likeness (QED) is 0.217. The Labute approximate surface area is 244 Å². The molecular weight excluding hydrogens is 510 g/mol. The largest absolute Gasteiger partial charge is 0.455 e. The molecule has 42 heavy (non-hydrogen) atoms. The van der Waals surface area contributed by atoms with Crippen LogP contribution in [0.3, 0.4) is 0 Å². The number of hydrogen-bond acceptors (Lipinski definition) is 2. The Hall–Kier alpha value is -5.60. The Bertz CT molecular complexity index is 2180. The van der Waals surface area contributed by atoms with Crippen LogP contribution in [-0.4, -0.2) is 0 Å². The first-order valence-corrected chi connectivity index (χ1v) is 14.3. The number of nitrogens with zero attached hydrogens (tertiary/aromatic N) is 1. The predicted molar refractivity (Wildman–Crippen MR) is 177 cm³/mol. The fraction of sp³-hybridized carbons (Fsp3) is 0. The molecule has 2 nitrogen and oxygen atoms in total. The maximum Gasteiger partial charge on any atom is 0.143 e. The van der Waals surface area contributed by atoms with Gasteiger partial charge in [0.1, 0.15) is 11.2 Å². The fourth-order valence-corrected chi connectivity index (χ4v) is 6.19. The van der Waals surface area contributed by atoms with Crippen LogP contribution in [0.25, 0.3) is 55.0 Å². The van der Waals surface area contributed by atoms with Crippen LogP contribution in [0.15, 0.2) is 168 Å². The second kappa shape index (κ2) is 10.1. The predicted octanol–water partition coefficient (Wildman–Crippen LogP) is 11.5. The van der Waals surface area contributed by atoms with E-state index in [1.807, 2.05) is 0 Å². The van der Waals surface area contributed by atoms with Gasteiger partial charge in [-0.15, -0.1) is 0 Å². The van der Waals surface area contributed by atoms with E-state index in [1.54, 1.807) is 0 Å². The minimum absolute atomic E-state index is 0.893. The molecule has 1 aromatic heterocycles. The molecular formula is C40H27NO. The zero-order valence-electron chi connectivity index (χ0n) is 22.9. The summed E-state index contributed by atoms with van der Waals surface area (Å²) in [5.41, 5.74) is 9.84. The molecule has 198 valence electrons. The van der Waals surface area contributed by atoms with Crippen molar-refractivity contribution in [2.24, 2.45) is 0 Å². The van der Waals surface area contributed by atoms with Crippen molar-refractivity contribution in [1.29, 1.82) is 0 Å². The molecule has 0 radical (unpaired) electrons. The first kappa shape index (κ1) is 24.2. The Morgan fingerprint density at radius 1 is 0.405 bits per heavy atom. The molecule has 0 amide bonds. The summed E-state index contributed by atoms with van der Waals surface area (Å²) in [6.07, 6.45) is 0. The van der Waals surface area contributed by atoms with Gasteiger partial charge in [0.15, 0.2) is 0 Å². The summed E-state index contributed by atoms with van der Waals surface area (Å²) >= 11 is 0. The SMILES string of the molecule is c1ccc(-c2ccccc2N(c2ccccc2)c2cc3c(oc4cccc(-c5ccccc5)c43)c3ccccc23)cc1. The van der Waals surface area contributed by atoms with Gasteiger partial charge in [-0.3, -0.25) is 0 Å². The topological polar surface area (TPSA) is 16.4 Å². The summed E-state index contributed by atoms with van der Waals surface area (Å²) in [6.45, 7) is 0. The van der Waals surface area contributed by atoms with Crippen LogP contribution in [0.5, 0.6) is 0 Å². The highest BCUT2D eigenvalue weighted by Crippen LogP contribution is 2.47. The molecule has 0 saturated heterocycles. The van der Waals surface area contributed by atoms with Gasteiger partial charge in [0.2, 0.25) is 0 Å². The molecule has 0 aliphatic carbocycles. The highest BCUT2D eigenvalue weighted by molar-refractivity contribution is 6.22. The highest BCUT2D eigenvalue weighted by atomic mass is 16.3. The number of anilines is 3. The summed E-state index contributed by atoms with van der Waals surface area (Å²) in [5.74, 6) is 0. The first-order valence-electron chi connectivity index (χ1n) is 14.3. The average Bonchev–Trinajstić information content (AvgIpc) is 3.46. The number of benzene rings is 7. The van der Waals surface area contributed by atoms with Crippen LogP contribution in [0.4, 0.5) is 17.1 Å². The van der Waals surface area contributed by atoms with Gasteiger partial charge in [-0.2, -0.15) is 0 Å². The van der Waals surface area contributed by atoms with E-state index in [1.165, 1.54) is 22.3 Å². The number of hydrogen-bond donors (Lipinski definition) is 0. The van der Waals surface area contributed by atoms with E-state index in [0.29, 0.717) is 0 Å². The van der Waals surface area contributed by atoms with Gasteiger partial charge in [-0.1, -0.05) is 133 Å². The number of fused-ring (bicyclic) bond motifs is 5. The van der Waals surface area contributed by atoms with Gasteiger partial charge in [0.25, 0.3) is 0 Å². The molecule has 0 spiro atoms. The standard InChI is InChI=1S/C40H27NO/c1-4-15-28(16-5-1)31-21-12-13-25-36(31)41(30-19-8-3-9-20-30)37-27-35-39-32(29-17-6-2-7-18-29)24-14-26-38(39)42-40(35)34-23-11-10-22-33(34)37/h1-27H. The van der Waals surface area contributed by atoms with Crippen LogP contribution in [0.1, 0.15) is 0 Å². The highest BCUT2D eigenvalue weighted by Gasteiger charge is 2.23. The van der Waals surface area contributed by atoms with E-state index in [2.05, 4.69) is 169 Å². The molecule has 8 aromatic rings. The minimum atomic E-state index is 0.893. The van der Waals surface area contributed by atoms with Gasteiger partial charge in [0.05, 0.1) is 11.4 Å². The summed E-state index contributed by atoms with van der Waals surface area (Å²) in [4.78, 5) is 2.40. The lowest BCUT2D eigenvalue weighted by molar-refractivity contribution is 0.673. The summed E-state index contributed by atoms with van der Waals surface area (Å²) in [6, 6.07) is 57.8. The number of rotatable bonds is 5. The monoisotopic (exact) mass is 537 g/mol. The molecule has 0 aliphatic heterocycles. The third-order valence-corrected chi connectivity index (χ3v) is 8.05. The van der Waals surface area contributed by atoms with Crippen molar-refractivity contribution in [3.8, 4) is 22.3 Å². The lowest BCUT2D eigenvalue weighted by Crippen LogP contribution is -2.11. The molecule has 7 aromatic carbocycles. The summed E-state index contributed by atoms with van der Waals surface area (Å²) in [7, 11) is 0. The summed E-state index contributed by atoms with van der Waals surface area (Å²) in [5, 5.41) is 4.47. The molecule has 0 bridgehead atoms. The van der Waals surface area contributed by atoms with Crippen molar-refractivity contribution >= 4 is 49.8 Å². The van der Waals surface area contributed by atoms with Crippen LogP contribution in [0.2, 0.25) is 0 Å². The van der Waals surface area contributed by atoms with Gasteiger partial charge < -0.3 is 9.32 Å². The maximum atomic E-state index is 6.65. The van der Waals surface area contributed by atoms with E-state index in [0.717, 1.165) is 49.8 Å². The first-order chi connectivity index (χ1) is 20.9. The van der Waals surface area contributed by atoms with E-state index >= 15 is 0 Å². The molecule has 0 unspecified atom stereocenters. The molecule has 0 aliphatic rings. The molecule has 8 rings (SSSR count). The smallest absolute Gasteiger partial charge is 0.143 e. The van der Waals surface area contributed by atoms with Crippen LogP contribution in [0, 0.1) is 0 Å². The number of furan rings is 1. The Morgan fingerprint density at radius 2 is 0.976 bits per heavy atom. The van der Waals surface area contributed by atoms with Crippen molar-refractivity contribution in [3.05, 3.63) is 164 Å². The van der Waals surface area contributed by atoms with Crippen molar-refractivity contribution in [1.82, 2.24) is 0 Å². The third-order valence-electron chi connectivity index (χ3n) is 8.05. The normalized spacial score (nSPS) is 11.3.